The van der Waals surface area contributed by atoms with Gasteiger partial charge in [-0.1, -0.05) is 13.3 Å². The molecule has 4 heteroatoms. The largest absolute Gasteiger partial charge is 0.396 e. The minimum atomic E-state index is 0.302. The second kappa shape index (κ2) is 8.23. The van der Waals surface area contributed by atoms with Gasteiger partial charge < -0.3 is 10.4 Å². The van der Waals surface area contributed by atoms with Gasteiger partial charge in [0.1, 0.15) is 0 Å². The van der Waals surface area contributed by atoms with Crippen molar-refractivity contribution in [3.63, 3.8) is 0 Å². The number of aliphatic hydroxyl groups is 1. The standard InChI is InChI=1S/C12H20BrNOS/c1-2-3-10(4-5-15)7-14-8-12-6-11(13)9-16-12/h6,9-10,14-15H,2-5,7-8H2,1H3. The molecule has 92 valence electrons. The molecule has 1 aromatic rings. The molecule has 0 radical (unpaired) electrons. The van der Waals surface area contributed by atoms with Crippen molar-refractivity contribution in [2.24, 2.45) is 5.92 Å². The van der Waals surface area contributed by atoms with E-state index in [1.165, 1.54) is 17.7 Å². The Kier molecular flexibility index (Phi) is 7.28. The van der Waals surface area contributed by atoms with Crippen LogP contribution in [-0.2, 0) is 6.54 Å². The Labute approximate surface area is 110 Å². The number of nitrogens with one attached hydrogen (secondary N) is 1. The summed E-state index contributed by atoms with van der Waals surface area (Å²) < 4.78 is 1.16. The van der Waals surface area contributed by atoms with Crippen molar-refractivity contribution in [1.82, 2.24) is 5.32 Å². The second-order valence-corrected chi connectivity index (χ2v) is 5.94. The first-order chi connectivity index (χ1) is 7.76. The van der Waals surface area contributed by atoms with Crippen molar-refractivity contribution in [2.45, 2.75) is 32.7 Å². The topological polar surface area (TPSA) is 32.3 Å². The summed E-state index contributed by atoms with van der Waals surface area (Å²) in [6, 6.07) is 2.15. The van der Waals surface area contributed by atoms with Gasteiger partial charge in [0, 0.05) is 27.9 Å². The lowest BCUT2D eigenvalue weighted by molar-refractivity contribution is 0.248. The van der Waals surface area contributed by atoms with Crippen LogP contribution in [0.15, 0.2) is 15.9 Å². The second-order valence-electron chi connectivity index (χ2n) is 4.03. The van der Waals surface area contributed by atoms with Crippen LogP contribution in [0.25, 0.3) is 0 Å². The molecule has 0 fully saturated rings. The van der Waals surface area contributed by atoms with E-state index in [0.29, 0.717) is 12.5 Å². The van der Waals surface area contributed by atoms with E-state index in [9.17, 15) is 0 Å². The van der Waals surface area contributed by atoms with Crippen molar-refractivity contribution in [3.05, 3.63) is 20.8 Å². The van der Waals surface area contributed by atoms with Crippen LogP contribution >= 0.6 is 27.3 Å². The molecule has 0 aromatic carbocycles. The summed E-state index contributed by atoms with van der Waals surface area (Å²) in [6.07, 6.45) is 3.30. The molecular formula is C12H20BrNOS. The van der Waals surface area contributed by atoms with Crippen LogP contribution in [0.2, 0.25) is 0 Å². The van der Waals surface area contributed by atoms with Crippen LogP contribution in [0, 0.1) is 5.92 Å². The molecule has 1 unspecified atom stereocenters. The van der Waals surface area contributed by atoms with E-state index in [-0.39, 0.29) is 0 Å². The van der Waals surface area contributed by atoms with Crippen LogP contribution in [0.5, 0.6) is 0 Å². The maximum Gasteiger partial charge on any atom is 0.0434 e. The quantitative estimate of drug-likeness (QED) is 0.771. The lowest BCUT2D eigenvalue weighted by atomic mass is 10.0. The molecule has 2 nitrogen and oxygen atoms in total. The smallest absolute Gasteiger partial charge is 0.0434 e. The molecule has 1 heterocycles. The molecule has 0 aliphatic rings. The highest BCUT2D eigenvalue weighted by Crippen LogP contribution is 2.19. The zero-order valence-corrected chi connectivity index (χ0v) is 12.1. The van der Waals surface area contributed by atoms with E-state index < -0.39 is 0 Å². The Morgan fingerprint density at radius 1 is 1.50 bits per heavy atom. The zero-order chi connectivity index (χ0) is 11.8. The summed E-state index contributed by atoms with van der Waals surface area (Å²) in [7, 11) is 0. The van der Waals surface area contributed by atoms with Crippen molar-refractivity contribution in [1.29, 1.82) is 0 Å². The van der Waals surface area contributed by atoms with Gasteiger partial charge in [0.25, 0.3) is 0 Å². The van der Waals surface area contributed by atoms with Crippen LogP contribution in [0.4, 0.5) is 0 Å². The fourth-order valence-electron chi connectivity index (χ4n) is 1.79. The summed E-state index contributed by atoms with van der Waals surface area (Å²) in [5, 5.41) is 14.5. The summed E-state index contributed by atoms with van der Waals surface area (Å²) in [5.41, 5.74) is 0. The third-order valence-corrected chi connectivity index (χ3v) is 4.29. The average molecular weight is 306 g/mol. The Bertz CT molecular complexity index is 284. The van der Waals surface area contributed by atoms with Crippen molar-refractivity contribution in [2.75, 3.05) is 13.2 Å². The molecular weight excluding hydrogens is 286 g/mol. The molecule has 1 atom stereocenters. The Morgan fingerprint density at radius 2 is 2.31 bits per heavy atom. The number of rotatable bonds is 8. The van der Waals surface area contributed by atoms with Gasteiger partial charge in [-0.15, -0.1) is 11.3 Å². The van der Waals surface area contributed by atoms with Crippen molar-refractivity contribution in [3.8, 4) is 0 Å². The number of hydrogen-bond acceptors (Lipinski definition) is 3. The van der Waals surface area contributed by atoms with E-state index in [2.05, 4.69) is 39.6 Å². The molecule has 0 aliphatic heterocycles. The highest BCUT2D eigenvalue weighted by Gasteiger charge is 2.06. The van der Waals surface area contributed by atoms with Crippen LogP contribution in [0.3, 0.4) is 0 Å². The van der Waals surface area contributed by atoms with E-state index in [0.717, 1.165) is 24.0 Å². The SMILES string of the molecule is CCCC(CCO)CNCc1cc(Br)cs1. The molecule has 1 aromatic heterocycles. The maximum absolute atomic E-state index is 8.95. The molecule has 0 amide bonds. The minimum Gasteiger partial charge on any atom is -0.396 e. The van der Waals surface area contributed by atoms with Gasteiger partial charge in [-0.2, -0.15) is 0 Å². The minimum absolute atomic E-state index is 0.302. The monoisotopic (exact) mass is 305 g/mol. The van der Waals surface area contributed by atoms with Crippen LogP contribution in [-0.4, -0.2) is 18.3 Å². The molecule has 0 saturated carbocycles. The molecule has 0 bridgehead atoms. The predicted octanol–water partition coefficient (Wildman–Crippen LogP) is 3.40. The Morgan fingerprint density at radius 3 is 2.88 bits per heavy atom. The average Bonchev–Trinajstić information content (AvgIpc) is 2.65. The third kappa shape index (κ3) is 5.43. The Balaban J connectivity index is 2.21. The number of halogens is 1. The van der Waals surface area contributed by atoms with E-state index >= 15 is 0 Å². The number of hydrogen-bond donors (Lipinski definition) is 2. The number of aliphatic hydroxyl groups excluding tert-OH is 1. The maximum atomic E-state index is 8.95. The first-order valence-electron chi connectivity index (χ1n) is 5.80. The predicted molar refractivity (Wildman–Crippen MR) is 73.8 cm³/mol. The van der Waals surface area contributed by atoms with Gasteiger partial charge in [-0.3, -0.25) is 0 Å². The van der Waals surface area contributed by atoms with Gasteiger partial charge in [-0.05, 0) is 47.3 Å². The van der Waals surface area contributed by atoms with Crippen LogP contribution in [0.1, 0.15) is 31.1 Å². The van der Waals surface area contributed by atoms with E-state index in [1.807, 2.05) is 0 Å². The third-order valence-electron chi connectivity index (χ3n) is 2.59. The molecule has 2 N–H and O–H groups in total. The van der Waals surface area contributed by atoms with E-state index in [1.54, 1.807) is 11.3 Å². The lowest BCUT2D eigenvalue weighted by Gasteiger charge is -2.15. The highest BCUT2D eigenvalue weighted by molar-refractivity contribution is 9.10. The molecule has 0 spiro atoms. The summed E-state index contributed by atoms with van der Waals surface area (Å²) >= 11 is 5.22. The lowest BCUT2D eigenvalue weighted by Crippen LogP contribution is -2.22. The van der Waals surface area contributed by atoms with Gasteiger partial charge in [0.05, 0.1) is 0 Å². The molecule has 0 saturated heterocycles. The zero-order valence-electron chi connectivity index (χ0n) is 9.71. The van der Waals surface area contributed by atoms with Gasteiger partial charge in [0.2, 0.25) is 0 Å². The summed E-state index contributed by atoms with van der Waals surface area (Å²) in [4.78, 5) is 1.35. The van der Waals surface area contributed by atoms with Crippen LogP contribution < -0.4 is 5.32 Å². The van der Waals surface area contributed by atoms with Crippen molar-refractivity contribution < 1.29 is 5.11 Å². The summed E-state index contributed by atoms with van der Waals surface area (Å²) in [5.74, 6) is 0.610. The summed E-state index contributed by atoms with van der Waals surface area (Å²) in [6.45, 7) is 4.43. The first kappa shape index (κ1) is 14.2. The normalized spacial score (nSPS) is 12.9. The molecule has 1 rings (SSSR count). The van der Waals surface area contributed by atoms with Gasteiger partial charge >= 0.3 is 0 Å². The highest BCUT2D eigenvalue weighted by atomic mass is 79.9. The van der Waals surface area contributed by atoms with Gasteiger partial charge in [-0.25, -0.2) is 0 Å². The Hall–Kier alpha value is 0.1000. The molecule has 0 aliphatic carbocycles. The first-order valence-corrected chi connectivity index (χ1v) is 7.48. The molecule has 16 heavy (non-hydrogen) atoms. The van der Waals surface area contributed by atoms with Gasteiger partial charge in [0.15, 0.2) is 0 Å². The fourth-order valence-corrected chi connectivity index (χ4v) is 3.21. The number of thiophene rings is 1. The fraction of sp³-hybridized carbons (Fsp3) is 0.667. The van der Waals surface area contributed by atoms with E-state index in [4.69, 9.17) is 5.11 Å². The van der Waals surface area contributed by atoms with Crippen molar-refractivity contribution >= 4 is 27.3 Å².